The normalized spacial score (nSPS) is 14.6. The molecule has 0 unspecified atom stereocenters. The Kier molecular flexibility index (Phi) is 12.0. The summed E-state index contributed by atoms with van der Waals surface area (Å²) in [5.41, 5.74) is 3.78. The van der Waals surface area contributed by atoms with Gasteiger partial charge >= 0.3 is 6.09 Å². The van der Waals surface area contributed by atoms with E-state index >= 15 is 0 Å². The fraction of sp³-hybridized carbons (Fsp3) is 0.529. The lowest BCUT2D eigenvalue weighted by Gasteiger charge is -2.33. The van der Waals surface area contributed by atoms with Gasteiger partial charge in [-0.05, 0) is 53.0 Å². The fourth-order valence-corrected chi connectivity index (χ4v) is 7.73. The number of benzene rings is 1. The minimum absolute atomic E-state index is 0.103. The molecule has 5 rings (SSSR count). The number of pyridine rings is 1. The number of halogens is 1. The van der Waals surface area contributed by atoms with Crippen molar-refractivity contribution in [2.45, 2.75) is 76.8 Å². The molecule has 1 aromatic carbocycles. The monoisotopic (exact) mass is 756 g/mol. The number of anilines is 1. The van der Waals surface area contributed by atoms with E-state index in [4.69, 9.17) is 29.3 Å². The number of hydrogen-bond donors (Lipinski definition) is 1. The van der Waals surface area contributed by atoms with E-state index in [-0.39, 0.29) is 26.0 Å². The molecule has 0 atom stereocenters. The van der Waals surface area contributed by atoms with Crippen molar-refractivity contribution in [2.24, 2.45) is 0 Å². The van der Waals surface area contributed by atoms with Crippen LogP contribution in [0, 0.1) is 0 Å². The topological polar surface area (TPSA) is 115 Å². The van der Waals surface area contributed by atoms with Crippen LogP contribution in [-0.4, -0.2) is 97.8 Å². The van der Waals surface area contributed by atoms with Gasteiger partial charge in [0.05, 0.1) is 28.4 Å². The quantitative estimate of drug-likeness (QED) is 0.0738. The van der Waals surface area contributed by atoms with Crippen molar-refractivity contribution in [1.29, 1.82) is 0 Å². The predicted octanol–water partition coefficient (Wildman–Crippen LogP) is 7.80. The Bertz CT molecular complexity index is 1680. The van der Waals surface area contributed by atoms with E-state index < -0.39 is 22.2 Å². The first-order valence-electron chi connectivity index (χ1n) is 16.7. The molecule has 4 aromatic rings. The van der Waals surface area contributed by atoms with E-state index in [0.29, 0.717) is 60.9 Å². The third-order valence-corrected chi connectivity index (χ3v) is 12.7. The van der Waals surface area contributed by atoms with Crippen LogP contribution in [-0.2, 0) is 20.8 Å². The summed E-state index contributed by atoms with van der Waals surface area (Å²) in [4.78, 5) is 26.0. The SMILES string of the molecule is C[Si](C)(C)CCOCN(COCC[Si](C)(C)C)c1c(Br)c(CN(C(=O)O)C2CCOCC2)nc2c(-c3cnc4ccccc4c3)cnn12. The first kappa shape index (κ1) is 36.4. The third-order valence-electron chi connectivity index (χ3n) is 8.52. The maximum Gasteiger partial charge on any atom is 0.407 e. The highest BCUT2D eigenvalue weighted by Gasteiger charge is 2.30. The van der Waals surface area contributed by atoms with Crippen molar-refractivity contribution in [3.63, 3.8) is 0 Å². The summed E-state index contributed by atoms with van der Waals surface area (Å²) < 4.78 is 20.6. The molecule has 0 bridgehead atoms. The molecule has 0 radical (unpaired) electrons. The standard InChI is InChI=1S/C34H49BrN6O5Si2/c1-47(2,3)17-15-45-23-39(24-46-16-18-48(4,5)6)33-31(35)30(22-40(34(42)43)27-11-13-44-14-12-27)38-32-28(21-37-41(32)33)26-19-25-9-7-8-10-29(25)36-20-26/h7-10,19-21,27H,11-18,22-24H2,1-6H3,(H,42,43). The molecule has 260 valence electrons. The lowest BCUT2D eigenvalue weighted by molar-refractivity contribution is 0.0327. The number of ether oxygens (including phenoxy) is 3. The Hall–Kier alpha value is -2.89. The highest BCUT2D eigenvalue weighted by molar-refractivity contribution is 9.10. The molecule has 0 aliphatic carbocycles. The number of fused-ring (bicyclic) bond motifs is 2. The zero-order chi connectivity index (χ0) is 34.5. The summed E-state index contributed by atoms with van der Waals surface area (Å²) in [6.07, 6.45) is 3.94. The Morgan fingerprint density at radius 1 is 1.02 bits per heavy atom. The lowest BCUT2D eigenvalue weighted by atomic mass is 10.1. The minimum Gasteiger partial charge on any atom is -0.465 e. The number of para-hydroxylation sites is 1. The van der Waals surface area contributed by atoms with Gasteiger partial charge in [0.2, 0.25) is 0 Å². The van der Waals surface area contributed by atoms with Gasteiger partial charge < -0.3 is 24.2 Å². The zero-order valence-corrected chi connectivity index (χ0v) is 32.6. The van der Waals surface area contributed by atoms with Gasteiger partial charge in [0.15, 0.2) is 11.5 Å². The van der Waals surface area contributed by atoms with Crippen LogP contribution in [0.1, 0.15) is 18.5 Å². The third kappa shape index (κ3) is 9.42. The molecule has 1 N–H and O–H groups in total. The fourth-order valence-electron chi connectivity index (χ4n) is 5.58. The van der Waals surface area contributed by atoms with E-state index in [9.17, 15) is 9.90 Å². The van der Waals surface area contributed by atoms with E-state index in [1.165, 1.54) is 4.90 Å². The summed E-state index contributed by atoms with van der Waals surface area (Å²) in [6, 6.07) is 12.0. The van der Waals surface area contributed by atoms with Crippen LogP contribution in [0.4, 0.5) is 10.6 Å². The van der Waals surface area contributed by atoms with Crippen LogP contribution in [0.2, 0.25) is 51.4 Å². The van der Waals surface area contributed by atoms with Gasteiger partial charge in [-0.2, -0.15) is 9.61 Å². The number of amides is 1. The average molecular weight is 758 g/mol. The summed E-state index contributed by atoms with van der Waals surface area (Å²) in [5.74, 6) is 0.702. The van der Waals surface area contributed by atoms with Crippen LogP contribution in [0.15, 0.2) is 47.2 Å². The first-order valence-corrected chi connectivity index (χ1v) is 24.9. The van der Waals surface area contributed by atoms with Crippen LogP contribution in [0.3, 0.4) is 0 Å². The summed E-state index contributed by atoms with van der Waals surface area (Å²) in [7, 11) is -2.61. The summed E-state index contributed by atoms with van der Waals surface area (Å²) >= 11 is 3.87. The molecule has 1 fully saturated rings. The highest BCUT2D eigenvalue weighted by Crippen LogP contribution is 2.35. The molecule has 48 heavy (non-hydrogen) atoms. The van der Waals surface area contributed by atoms with Crippen molar-refractivity contribution in [1.82, 2.24) is 24.5 Å². The van der Waals surface area contributed by atoms with Crippen molar-refractivity contribution in [3.05, 3.63) is 52.9 Å². The van der Waals surface area contributed by atoms with Gasteiger partial charge in [-0.25, -0.2) is 9.78 Å². The number of carboxylic acid groups (broad SMARTS) is 1. The first-order chi connectivity index (χ1) is 22.8. The molecule has 0 spiro atoms. The maximum absolute atomic E-state index is 12.6. The molecular weight excluding hydrogens is 708 g/mol. The molecule has 14 heteroatoms. The number of aromatic nitrogens is 4. The van der Waals surface area contributed by atoms with E-state index in [1.54, 1.807) is 10.7 Å². The van der Waals surface area contributed by atoms with Crippen LogP contribution >= 0.6 is 15.9 Å². The predicted molar refractivity (Wildman–Crippen MR) is 199 cm³/mol. The van der Waals surface area contributed by atoms with Crippen molar-refractivity contribution >= 4 is 60.5 Å². The Morgan fingerprint density at radius 2 is 1.67 bits per heavy atom. The largest absolute Gasteiger partial charge is 0.465 e. The number of rotatable bonds is 15. The highest BCUT2D eigenvalue weighted by atomic mass is 79.9. The van der Waals surface area contributed by atoms with Crippen molar-refractivity contribution in [3.8, 4) is 11.1 Å². The second-order valence-electron chi connectivity index (χ2n) is 14.9. The number of hydrogen-bond acceptors (Lipinski definition) is 8. The van der Waals surface area contributed by atoms with Crippen molar-refractivity contribution in [2.75, 3.05) is 44.8 Å². The second-order valence-corrected chi connectivity index (χ2v) is 26.9. The van der Waals surface area contributed by atoms with E-state index in [0.717, 1.165) is 34.1 Å². The maximum atomic E-state index is 12.6. The minimum atomic E-state index is -1.31. The average Bonchev–Trinajstić information content (AvgIpc) is 3.45. The molecule has 1 aliphatic heterocycles. The molecule has 3 aromatic heterocycles. The molecule has 0 saturated carbocycles. The smallest absolute Gasteiger partial charge is 0.407 e. The van der Waals surface area contributed by atoms with E-state index in [1.807, 2.05) is 35.4 Å². The van der Waals surface area contributed by atoms with Crippen molar-refractivity contribution < 1.29 is 24.1 Å². The van der Waals surface area contributed by atoms with Crippen LogP contribution < -0.4 is 4.90 Å². The van der Waals surface area contributed by atoms with Crippen LogP contribution in [0.5, 0.6) is 0 Å². The van der Waals surface area contributed by atoms with Gasteiger partial charge in [0.25, 0.3) is 0 Å². The zero-order valence-electron chi connectivity index (χ0n) is 29.0. The van der Waals surface area contributed by atoms with Gasteiger partial charge in [0.1, 0.15) is 13.5 Å². The Balaban J connectivity index is 1.59. The second kappa shape index (κ2) is 15.8. The molecule has 11 nitrogen and oxygen atoms in total. The molecule has 1 saturated heterocycles. The lowest BCUT2D eigenvalue weighted by Crippen LogP contribution is -2.42. The summed E-state index contributed by atoms with van der Waals surface area (Å²) in [6.45, 7) is 17.0. The van der Waals surface area contributed by atoms with Gasteiger partial charge in [-0.15, -0.1) is 0 Å². The molecule has 1 aliphatic rings. The van der Waals surface area contributed by atoms with Gasteiger partial charge in [-0.1, -0.05) is 57.5 Å². The van der Waals surface area contributed by atoms with E-state index in [2.05, 4.69) is 61.3 Å². The number of carbonyl (C=O) groups is 1. The van der Waals surface area contributed by atoms with Crippen LogP contribution in [0.25, 0.3) is 27.7 Å². The Morgan fingerprint density at radius 3 is 2.29 bits per heavy atom. The summed E-state index contributed by atoms with van der Waals surface area (Å²) in [5, 5.41) is 16.2. The Labute approximate surface area is 293 Å². The molecular formula is C34H49BrN6O5Si2. The molecule has 1 amide bonds. The van der Waals surface area contributed by atoms with Gasteiger partial charge in [0, 0.05) is 71.3 Å². The van der Waals surface area contributed by atoms with Gasteiger partial charge in [-0.3, -0.25) is 9.88 Å². The molecule has 4 heterocycles. The number of nitrogens with zero attached hydrogens (tertiary/aromatic N) is 6.